The van der Waals surface area contributed by atoms with E-state index in [4.69, 9.17) is 5.26 Å². The van der Waals surface area contributed by atoms with Crippen molar-refractivity contribution in [3.05, 3.63) is 0 Å². The molecule has 0 aromatic rings. The van der Waals surface area contributed by atoms with Gasteiger partial charge in [-0.3, -0.25) is 4.90 Å². The lowest BCUT2D eigenvalue weighted by Crippen LogP contribution is -2.39. The van der Waals surface area contributed by atoms with E-state index in [1.165, 1.54) is 19.3 Å². The molecule has 0 amide bonds. The van der Waals surface area contributed by atoms with Crippen LogP contribution in [0, 0.1) is 17.2 Å². The molecule has 0 bridgehead atoms. The van der Waals surface area contributed by atoms with E-state index >= 15 is 0 Å². The first-order valence-electron chi connectivity index (χ1n) is 5.02. The minimum absolute atomic E-state index is 0.195. The van der Waals surface area contributed by atoms with Crippen molar-refractivity contribution in [3.8, 4) is 6.07 Å². The molecule has 2 nitrogen and oxygen atoms in total. The smallest absolute Gasteiger partial charge is 0.0977 e. The van der Waals surface area contributed by atoms with Gasteiger partial charge in [0.2, 0.25) is 0 Å². The third-order valence-electron chi connectivity index (χ3n) is 3.24. The van der Waals surface area contributed by atoms with Crippen LogP contribution < -0.4 is 0 Å². The fourth-order valence-electron chi connectivity index (χ4n) is 2.44. The number of nitrogens with zero attached hydrogens (tertiary/aromatic N) is 2. The van der Waals surface area contributed by atoms with Crippen molar-refractivity contribution in [1.29, 1.82) is 5.26 Å². The molecule has 2 heteroatoms. The Balaban J connectivity index is 1.98. The molecule has 2 aliphatic rings. The van der Waals surface area contributed by atoms with Gasteiger partial charge in [-0.2, -0.15) is 5.26 Å². The molecule has 2 rings (SSSR count). The summed E-state index contributed by atoms with van der Waals surface area (Å²) in [6.07, 6.45) is 5.06. The van der Waals surface area contributed by atoms with Gasteiger partial charge in [-0.25, -0.2) is 0 Å². The highest BCUT2D eigenvalue weighted by Crippen LogP contribution is 2.44. The fraction of sp³-hybridized carbons (Fsp3) is 0.900. The highest BCUT2D eigenvalue weighted by molar-refractivity contribution is 5.04. The Labute approximate surface area is 74.2 Å². The maximum atomic E-state index is 8.92. The number of hydrogen-bond donors (Lipinski definition) is 0. The molecule has 1 heterocycles. The number of hydrogen-bond acceptors (Lipinski definition) is 2. The summed E-state index contributed by atoms with van der Waals surface area (Å²) in [7, 11) is 0. The molecule has 0 aromatic heterocycles. The van der Waals surface area contributed by atoms with Gasteiger partial charge in [0, 0.05) is 6.04 Å². The predicted octanol–water partition coefficient (Wildman–Crippen LogP) is 1.77. The number of rotatable bonds is 2. The average Bonchev–Trinajstić information content (AvgIpc) is 2.86. The fourth-order valence-corrected chi connectivity index (χ4v) is 2.44. The summed E-state index contributed by atoms with van der Waals surface area (Å²) in [6.45, 7) is 3.27. The van der Waals surface area contributed by atoms with E-state index in [0.29, 0.717) is 0 Å². The molecule has 0 N–H and O–H groups in total. The van der Waals surface area contributed by atoms with E-state index in [9.17, 15) is 0 Å². The predicted molar refractivity (Wildman–Crippen MR) is 47.5 cm³/mol. The summed E-state index contributed by atoms with van der Waals surface area (Å²) in [5.41, 5.74) is 0. The summed E-state index contributed by atoms with van der Waals surface area (Å²) in [5, 5.41) is 8.92. The third kappa shape index (κ3) is 1.23. The number of likely N-dealkylation sites (tertiary alicyclic amines) is 1. The Morgan fingerprint density at radius 2 is 2.50 bits per heavy atom. The first kappa shape index (κ1) is 8.07. The first-order chi connectivity index (χ1) is 5.86. The maximum absolute atomic E-state index is 8.92. The van der Waals surface area contributed by atoms with E-state index in [1.807, 2.05) is 0 Å². The van der Waals surface area contributed by atoms with E-state index in [2.05, 4.69) is 17.9 Å². The van der Waals surface area contributed by atoms with Crippen LogP contribution in [0.15, 0.2) is 0 Å². The van der Waals surface area contributed by atoms with Crippen LogP contribution in [0.3, 0.4) is 0 Å². The Bertz CT molecular complexity index is 206. The molecule has 66 valence electrons. The van der Waals surface area contributed by atoms with Crippen LogP contribution in [-0.2, 0) is 0 Å². The van der Waals surface area contributed by atoms with Crippen LogP contribution in [0.2, 0.25) is 0 Å². The summed E-state index contributed by atoms with van der Waals surface area (Å²) >= 11 is 0. The zero-order valence-electron chi connectivity index (χ0n) is 7.66. The largest absolute Gasteiger partial charge is 0.285 e. The van der Waals surface area contributed by atoms with Crippen LogP contribution in [0.5, 0.6) is 0 Å². The van der Waals surface area contributed by atoms with Crippen molar-refractivity contribution in [1.82, 2.24) is 4.90 Å². The lowest BCUT2D eigenvalue weighted by molar-refractivity contribution is 0.178. The molecule has 12 heavy (non-hydrogen) atoms. The summed E-state index contributed by atoms with van der Waals surface area (Å²) in [4.78, 5) is 2.42. The number of nitriles is 1. The van der Waals surface area contributed by atoms with Crippen molar-refractivity contribution in [2.24, 2.45) is 5.92 Å². The first-order valence-corrected chi connectivity index (χ1v) is 5.02. The molecule has 1 aliphatic heterocycles. The van der Waals surface area contributed by atoms with Crippen LogP contribution in [0.25, 0.3) is 0 Å². The van der Waals surface area contributed by atoms with Gasteiger partial charge < -0.3 is 0 Å². The molecule has 1 saturated heterocycles. The SMILES string of the molecule is CCC(C#N)N1CCCC2CC21. The summed E-state index contributed by atoms with van der Waals surface area (Å²) in [6, 6.07) is 3.38. The van der Waals surface area contributed by atoms with Crippen LogP contribution in [0.1, 0.15) is 32.6 Å². The highest BCUT2D eigenvalue weighted by Gasteiger charge is 2.45. The second-order valence-electron chi connectivity index (χ2n) is 4.00. The zero-order valence-corrected chi connectivity index (χ0v) is 7.66. The van der Waals surface area contributed by atoms with Crippen molar-refractivity contribution in [2.75, 3.05) is 6.54 Å². The van der Waals surface area contributed by atoms with Gasteiger partial charge in [-0.1, -0.05) is 6.92 Å². The number of fused-ring (bicyclic) bond motifs is 1. The van der Waals surface area contributed by atoms with E-state index in [1.54, 1.807) is 0 Å². The van der Waals surface area contributed by atoms with Gasteiger partial charge >= 0.3 is 0 Å². The van der Waals surface area contributed by atoms with Crippen molar-refractivity contribution in [2.45, 2.75) is 44.7 Å². The summed E-state index contributed by atoms with van der Waals surface area (Å²) in [5.74, 6) is 0.946. The Morgan fingerprint density at radius 3 is 3.17 bits per heavy atom. The molecule has 0 spiro atoms. The van der Waals surface area contributed by atoms with Crippen LogP contribution in [-0.4, -0.2) is 23.5 Å². The second kappa shape index (κ2) is 3.06. The lowest BCUT2D eigenvalue weighted by atomic mass is 10.1. The third-order valence-corrected chi connectivity index (χ3v) is 3.24. The van der Waals surface area contributed by atoms with Gasteiger partial charge in [0.15, 0.2) is 0 Å². The lowest BCUT2D eigenvalue weighted by Gasteiger charge is -2.29. The van der Waals surface area contributed by atoms with Gasteiger partial charge in [0.25, 0.3) is 0 Å². The van der Waals surface area contributed by atoms with Gasteiger partial charge in [0.1, 0.15) is 0 Å². The van der Waals surface area contributed by atoms with Crippen LogP contribution >= 0.6 is 0 Å². The minimum atomic E-state index is 0.195. The zero-order chi connectivity index (χ0) is 8.55. The molecule has 3 atom stereocenters. The molecule has 2 fully saturated rings. The van der Waals surface area contributed by atoms with E-state index < -0.39 is 0 Å². The van der Waals surface area contributed by atoms with Crippen molar-refractivity contribution in [3.63, 3.8) is 0 Å². The monoisotopic (exact) mass is 164 g/mol. The standard InChI is InChI=1S/C10H16N2/c1-2-9(7-11)12-5-3-4-8-6-10(8)12/h8-10H,2-6H2,1H3. The molecule has 1 saturated carbocycles. The Morgan fingerprint density at radius 1 is 1.67 bits per heavy atom. The minimum Gasteiger partial charge on any atom is -0.285 e. The molecule has 1 aliphatic carbocycles. The average molecular weight is 164 g/mol. The van der Waals surface area contributed by atoms with Gasteiger partial charge in [-0.15, -0.1) is 0 Å². The van der Waals surface area contributed by atoms with Gasteiger partial charge in [-0.05, 0) is 38.1 Å². The topological polar surface area (TPSA) is 27.0 Å². The Kier molecular flexibility index (Phi) is 2.06. The molecular weight excluding hydrogens is 148 g/mol. The van der Waals surface area contributed by atoms with Gasteiger partial charge in [0.05, 0.1) is 12.1 Å². The summed E-state index contributed by atoms with van der Waals surface area (Å²) < 4.78 is 0. The van der Waals surface area contributed by atoms with Crippen LogP contribution in [0.4, 0.5) is 0 Å². The maximum Gasteiger partial charge on any atom is 0.0977 e. The van der Waals surface area contributed by atoms with E-state index in [0.717, 1.165) is 24.9 Å². The van der Waals surface area contributed by atoms with E-state index in [-0.39, 0.29) is 6.04 Å². The molecule has 0 radical (unpaired) electrons. The Hall–Kier alpha value is -0.550. The molecule has 3 unspecified atom stereocenters. The normalized spacial score (nSPS) is 36.7. The quantitative estimate of drug-likeness (QED) is 0.622. The van der Waals surface area contributed by atoms with Crippen molar-refractivity contribution < 1.29 is 0 Å². The second-order valence-corrected chi connectivity index (χ2v) is 4.00. The highest BCUT2D eigenvalue weighted by atomic mass is 15.2. The molecular formula is C10H16N2. The van der Waals surface area contributed by atoms with Crippen molar-refractivity contribution >= 4 is 0 Å². The molecule has 0 aromatic carbocycles. The number of piperidine rings is 1.